The molecular formula is C9H16N2. The number of piperidine rings is 1. The zero-order chi connectivity index (χ0) is 7.84. The molecule has 2 heteroatoms. The summed E-state index contributed by atoms with van der Waals surface area (Å²) in [6, 6.07) is 0. The molecule has 2 unspecified atom stereocenters. The van der Waals surface area contributed by atoms with Crippen molar-refractivity contribution in [3.63, 3.8) is 0 Å². The van der Waals surface area contributed by atoms with E-state index in [4.69, 9.17) is 0 Å². The second-order valence-electron chi connectivity index (χ2n) is 3.93. The van der Waals surface area contributed by atoms with Gasteiger partial charge in [0.1, 0.15) is 0 Å². The number of likely N-dealkylation sites (tertiary alicyclic amines) is 1. The molecule has 2 fully saturated rings. The van der Waals surface area contributed by atoms with Gasteiger partial charge in [0.2, 0.25) is 0 Å². The Hall–Kier alpha value is -0.500. The minimum atomic E-state index is 0.880. The van der Waals surface area contributed by atoms with Crippen LogP contribution in [0.1, 0.15) is 6.42 Å². The van der Waals surface area contributed by atoms with Crippen molar-refractivity contribution < 1.29 is 0 Å². The molecule has 2 nitrogen and oxygen atoms in total. The van der Waals surface area contributed by atoms with Gasteiger partial charge in [-0.05, 0) is 25.3 Å². The topological polar surface area (TPSA) is 15.3 Å². The second-order valence-corrected chi connectivity index (χ2v) is 3.93. The van der Waals surface area contributed by atoms with Crippen LogP contribution in [-0.4, -0.2) is 31.6 Å². The first-order chi connectivity index (χ1) is 5.25. The fraction of sp³-hybridized carbons (Fsp3) is 0.778. The number of nitrogens with zero attached hydrogens (tertiary/aromatic N) is 1. The van der Waals surface area contributed by atoms with Crippen LogP contribution in [0.4, 0.5) is 0 Å². The number of allylic oxidation sites excluding steroid dienone is 1. The van der Waals surface area contributed by atoms with E-state index in [1.54, 1.807) is 0 Å². The Morgan fingerprint density at radius 2 is 2.18 bits per heavy atom. The molecule has 0 bridgehead atoms. The van der Waals surface area contributed by atoms with Crippen LogP contribution >= 0.6 is 0 Å². The van der Waals surface area contributed by atoms with Crippen molar-refractivity contribution in [2.45, 2.75) is 6.42 Å². The zero-order valence-electron chi connectivity index (χ0n) is 7.14. The van der Waals surface area contributed by atoms with Gasteiger partial charge in [0.25, 0.3) is 0 Å². The van der Waals surface area contributed by atoms with Crippen molar-refractivity contribution in [1.82, 2.24) is 10.2 Å². The van der Waals surface area contributed by atoms with Crippen molar-refractivity contribution in [2.75, 3.05) is 26.7 Å². The molecule has 2 heterocycles. The normalized spacial score (nSPS) is 38.5. The summed E-state index contributed by atoms with van der Waals surface area (Å²) >= 11 is 0. The minimum Gasteiger partial charge on any atom is -0.388 e. The lowest BCUT2D eigenvalue weighted by Gasteiger charge is -2.27. The predicted octanol–water partition coefficient (Wildman–Crippen LogP) is 0.671. The van der Waals surface area contributed by atoms with Crippen molar-refractivity contribution in [3.05, 3.63) is 12.3 Å². The van der Waals surface area contributed by atoms with E-state index in [9.17, 15) is 0 Å². The summed E-state index contributed by atoms with van der Waals surface area (Å²) < 4.78 is 0. The van der Waals surface area contributed by atoms with Gasteiger partial charge in [-0.3, -0.25) is 0 Å². The van der Waals surface area contributed by atoms with Crippen molar-refractivity contribution in [2.24, 2.45) is 11.8 Å². The van der Waals surface area contributed by atoms with E-state index in [-0.39, 0.29) is 0 Å². The molecule has 0 spiro atoms. The van der Waals surface area contributed by atoms with Crippen LogP contribution in [0.3, 0.4) is 0 Å². The molecule has 11 heavy (non-hydrogen) atoms. The molecule has 0 amide bonds. The standard InChI is InChI=1S/C9H16N2/c1-7-3-8-5-11(2)6-9(8)4-10-7/h8-10H,1,3-6H2,2H3. The van der Waals surface area contributed by atoms with Gasteiger partial charge >= 0.3 is 0 Å². The van der Waals surface area contributed by atoms with Crippen LogP contribution in [-0.2, 0) is 0 Å². The van der Waals surface area contributed by atoms with E-state index in [1.165, 1.54) is 25.2 Å². The van der Waals surface area contributed by atoms with Gasteiger partial charge in [0.15, 0.2) is 0 Å². The Labute approximate surface area is 68.3 Å². The summed E-state index contributed by atoms with van der Waals surface area (Å²) in [5.74, 6) is 1.76. The molecule has 0 aromatic rings. The van der Waals surface area contributed by atoms with E-state index in [1.807, 2.05) is 0 Å². The van der Waals surface area contributed by atoms with E-state index >= 15 is 0 Å². The molecule has 0 aromatic carbocycles. The van der Waals surface area contributed by atoms with Crippen LogP contribution in [0, 0.1) is 11.8 Å². The summed E-state index contributed by atoms with van der Waals surface area (Å²) in [5.41, 5.74) is 1.24. The lowest BCUT2D eigenvalue weighted by atomic mass is 9.88. The van der Waals surface area contributed by atoms with Gasteiger partial charge in [-0.1, -0.05) is 6.58 Å². The molecule has 62 valence electrons. The number of nitrogens with one attached hydrogen (secondary N) is 1. The van der Waals surface area contributed by atoms with Gasteiger partial charge in [0.05, 0.1) is 0 Å². The largest absolute Gasteiger partial charge is 0.388 e. The number of rotatable bonds is 0. The van der Waals surface area contributed by atoms with Gasteiger partial charge in [-0.2, -0.15) is 0 Å². The van der Waals surface area contributed by atoms with E-state index < -0.39 is 0 Å². The Morgan fingerprint density at radius 3 is 3.00 bits per heavy atom. The fourth-order valence-corrected chi connectivity index (χ4v) is 2.30. The third-order valence-corrected chi connectivity index (χ3v) is 2.88. The number of hydrogen-bond acceptors (Lipinski definition) is 2. The summed E-state index contributed by atoms with van der Waals surface area (Å²) in [7, 11) is 2.21. The molecule has 2 aliphatic heterocycles. The Kier molecular flexibility index (Phi) is 1.64. The minimum absolute atomic E-state index is 0.880. The smallest absolute Gasteiger partial charge is 0.0187 e. The van der Waals surface area contributed by atoms with Crippen LogP contribution in [0.25, 0.3) is 0 Å². The second kappa shape index (κ2) is 2.52. The fourth-order valence-electron chi connectivity index (χ4n) is 2.30. The van der Waals surface area contributed by atoms with E-state index in [2.05, 4.69) is 23.8 Å². The first-order valence-corrected chi connectivity index (χ1v) is 4.36. The Morgan fingerprint density at radius 1 is 1.45 bits per heavy atom. The first-order valence-electron chi connectivity index (χ1n) is 4.36. The van der Waals surface area contributed by atoms with Gasteiger partial charge < -0.3 is 10.2 Å². The highest BCUT2D eigenvalue weighted by Gasteiger charge is 2.33. The summed E-state index contributed by atoms with van der Waals surface area (Å²) in [6.07, 6.45) is 1.19. The Balaban J connectivity index is 2.02. The lowest BCUT2D eigenvalue weighted by molar-refractivity contribution is 0.355. The van der Waals surface area contributed by atoms with Crippen molar-refractivity contribution >= 4 is 0 Å². The lowest BCUT2D eigenvalue weighted by Crippen LogP contribution is -2.33. The van der Waals surface area contributed by atoms with Crippen LogP contribution in [0.5, 0.6) is 0 Å². The van der Waals surface area contributed by atoms with Crippen LogP contribution in [0.15, 0.2) is 12.3 Å². The maximum atomic E-state index is 3.97. The Bertz CT molecular complexity index is 176. The van der Waals surface area contributed by atoms with Gasteiger partial charge in [-0.15, -0.1) is 0 Å². The highest BCUT2D eigenvalue weighted by atomic mass is 15.1. The molecule has 0 aliphatic carbocycles. The van der Waals surface area contributed by atoms with Gasteiger partial charge in [0, 0.05) is 25.3 Å². The maximum Gasteiger partial charge on any atom is 0.0187 e. The first kappa shape index (κ1) is 7.17. The van der Waals surface area contributed by atoms with E-state index in [0.717, 1.165) is 18.4 Å². The monoisotopic (exact) mass is 152 g/mol. The highest BCUT2D eigenvalue weighted by molar-refractivity contribution is 5.02. The molecule has 2 atom stereocenters. The summed E-state index contributed by atoms with van der Waals surface area (Å²) in [4.78, 5) is 2.43. The van der Waals surface area contributed by atoms with Gasteiger partial charge in [-0.25, -0.2) is 0 Å². The number of fused-ring (bicyclic) bond motifs is 1. The molecule has 0 saturated carbocycles. The average molecular weight is 152 g/mol. The molecule has 2 aliphatic rings. The van der Waals surface area contributed by atoms with Crippen molar-refractivity contribution in [1.29, 1.82) is 0 Å². The van der Waals surface area contributed by atoms with Crippen LogP contribution < -0.4 is 5.32 Å². The molecule has 0 radical (unpaired) electrons. The maximum absolute atomic E-state index is 3.97. The molecule has 2 saturated heterocycles. The SMILES string of the molecule is C=C1CC2CN(C)CC2CN1. The molecule has 1 N–H and O–H groups in total. The summed E-state index contributed by atoms with van der Waals surface area (Å²) in [5, 5.41) is 3.35. The quantitative estimate of drug-likeness (QED) is 0.549. The highest BCUT2D eigenvalue weighted by Crippen LogP contribution is 2.29. The number of hydrogen-bond donors (Lipinski definition) is 1. The van der Waals surface area contributed by atoms with Crippen molar-refractivity contribution in [3.8, 4) is 0 Å². The average Bonchev–Trinajstić information content (AvgIpc) is 2.27. The van der Waals surface area contributed by atoms with Crippen LogP contribution in [0.2, 0.25) is 0 Å². The van der Waals surface area contributed by atoms with E-state index in [0.29, 0.717) is 0 Å². The molecule has 2 rings (SSSR count). The summed E-state index contributed by atoms with van der Waals surface area (Å²) in [6.45, 7) is 7.65. The molecular weight excluding hydrogens is 136 g/mol. The predicted molar refractivity (Wildman–Crippen MR) is 46.2 cm³/mol. The molecule has 0 aromatic heterocycles. The third-order valence-electron chi connectivity index (χ3n) is 2.88. The third kappa shape index (κ3) is 1.27. The zero-order valence-corrected chi connectivity index (χ0v) is 7.14.